The van der Waals surface area contributed by atoms with E-state index in [1.807, 2.05) is 25.7 Å². The van der Waals surface area contributed by atoms with Crippen LogP contribution in [0.4, 0.5) is 0 Å². The number of rotatable bonds is 4. The Morgan fingerprint density at radius 3 is 2.64 bits per heavy atom. The van der Waals surface area contributed by atoms with Crippen LogP contribution in [-0.4, -0.2) is 36.9 Å². The molecule has 5 heteroatoms. The zero-order valence-electron chi connectivity index (χ0n) is 17.2. The van der Waals surface area contributed by atoms with E-state index >= 15 is 0 Å². The number of thiophene rings is 1. The number of nitrogens with one attached hydrogen (secondary N) is 1. The average molecular weight is 399 g/mol. The fraction of sp³-hybridized carbons (Fsp3) is 0.478. The Morgan fingerprint density at radius 1 is 1.21 bits per heavy atom. The summed E-state index contributed by atoms with van der Waals surface area (Å²) in [6.07, 6.45) is 2.28. The van der Waals surface area contributed by atoms with Gasteiger partial charge in [0.2, 0.25) is 11.8 Å². The second kappa shape index (κ2) is 8.08. The highest BCUT2D eigenvalue weighted by Crippen LogP contribution is 2.37. The van der Waals surface area contributed by atoms with Crippen LogP contribution in [0.2, 0.25) is 0 Å². The minimum atomic E-state index is -0.581. The maximum atomic E-state index is 13.0. The van der Waals surface area contributed by atoms with E-state index in [4.69, 9.17) is 0 Å². The molecule has 4 nitrogen and oxygen atoms in total. The Balaban J connectivity index is 1.89. The first-order valence-electron chi connectivity index (χ1n) is 9.90. The van der Waals surface area contributed by atoms with Crippen molar-refractivity contribution in [2.75, 3.05) is 20.1 Å². The molecule has 1 aliphatic rings. The van der Waals surface area contributed by atoms with Gasteiger partial charge in [0, 0.05) is 30.4 Å². The van der Waals surface area contributed by atoms with Crippen molar-refractivity contribution in [1.29, 1.82) is 0 Å². The van der Waals surface area contributed by atoms with Crippen LogP contribution < -0.4 is 5.32 Å². The van der Waals surface area contributed by atoms with Crippen LogP contribution in [0, 0.1) is 10.8 Å². The normalized spacial score (nSPS) is 20.1. The lowest BCUT2D eigenvalue weighted by molar-refractivity contribution is -0.147. The molecule has 2 heterocycles. The molecule has 2 amide bonds. The zero-order valence-corrected chi connectivity index (χ0v) is 18.1. The minimum Gasteiger partial charge on any atom is -0.359 e. The first kappa shape index (κ1) is 20.6. The molecule has 0 aliphatic carbocycles. The van der Waals surface area contributed by atoms with Crippen molar-refractivity contribution in [3.8, 4) is 10.4 Å². The monoisotopic (exact) mass is 398 g/mol. The molecule has 1 fully saturated rings. The Bertz CT molecular complexity index is 839. The predicted octanol–water partition coefficient (Wildman–Crippen LogP) is 4.36. The third-order valence-corrected chi connectivity index (χ3v) is 6.41. The Kier molecular flexibility index (Phi) is 5.94. The van der Waals surface area contributed by atoms with Crippen LogP contribution in [0.25, 0.3) is 10.4 Å². The molecule has 3 rings (SSSR count). The van der Waals surface area contributed by atoms with Crippen molar-refractivity contribution in [2.45, 2.75) is 40.0 Å². The van der Waals surface area contributed by atoms with Gasteiger partial charge >= 0.3 is 0 Å². The molecule has 1 aromatic heterocycles. The highest BCUT2D eigenvalue weighted by molar-refractivity contribution is 7.13. The third-order valence-electron chi connectivity index (χ3n) is 5.49. The first-order valence-corrected chi connectivity index (χ1v) is 10.8. The van der Waals surface area contributed by atoms with Crippen molar-refractivity contribution in [2.24, 2.45) is 10.8 Å². The largest absolute Gasteiger partial charge is 0.359 e. The molecule has 0 unspecified atom stereocenters. The molecule has 0 spiro atoms. The Hall–Kier alpha value is -2.14. The van der Waals surface area contributed by atoms with Crippen molar-refractivity contribution >= 4 is 23.2 Å². The second-order valence-electron chi connectivity index (χ2n) is 8.79. The van der Waals surface area contributed by atoms with E-state index in [1.54, 1.807) is 18.4 Å². The van der Waals surface area contributed by atoms with Gasteiger partial charge < -0.3 is 10.2 Å². The van der Waals surface area contributed by atoms with Crippen LogP contribution in [0.1, 0.15) is 39.2 Å². The Labute approximate surface area is 172 Å². The molecule has 1 saturated heterocycles. The van der Waals surface area contributed by atoms with E-state index in [1.165, 1.54) is 10.4 Å². The van der Waals surface area contributed by atoms with Crippen molar-refractivity contribution in [1.82, 2.24) is 10.2 Å². The first-order chi connectivity index (χ1) is 13.2. The van der Waals surface area contributed by atoms with Crippen molar-refractivity contribution in [3.05, 3.63) is 47.3 Å². The summed E-state index contributed by atoms with van der Waals surface area (Å²) >= 11 is 1.72. The van der Waals surface area contributed by atoms with Gasteiger partial charge in [-0.1, -0.05) is 51.1 Å². The number of piperidine rings is 1. The molecule has 0 saturated carbocycles. The summed E-state index contributed by atoms with van der Waals surface area (Å²) in [7, 11) is 1.69. The van der Waals surface area contributed by atoms with Gasteiger partial charge in [-0.3, -0.25) is 9.59 Å². The van der Waals surface area contributed by atoms with E-state index < -0.39 is 10.8 Å². The molecule has 0 bridgehead atoms. The lowest BCUT2D eigenvalue weighted by Gasteiger charge is -2.43. The summed E-state index contributed by atoms with van der Waals surface area (Å²) in [4.78, 5) is 29.0. The highest BCUT2D eigenvalue weighted by atomic mass is 32.1. The topological polar surface area (TPSA) is 49.4 Å². The van der Waals surface area contributed by atoms with E-state index in [0.29, 0.717) is 13.0 Å². The van der Waals surface area contributed by atoms with Gasteiger partial charge in [0.25, 0.3) is 0 Å². The lowest BCUT2D eigenvalue weighted by atomic mass is 9.73. The molecule has 2 aromatic rings. The smallest absolute Gasteiger partial charge is 0.228 e. The zero-order chi connectivity index (χ0) is 20.4. The van der Waals surface area contributed by atoms with E-state index in [9.17, 15) is 9.59 Å². The van der Waals surface area contributed by atoms with Gasteiger partial charge in [0.1, 0.15) is 0 Å². The van der Waals surface area contributed by atoms with E-state index in [-0.39, 0.29) is 11.8 Å². The standard InChI is InChI=1S/C23H30N2O2S/c1-22(2,3)21(27)25-12-7-11-23(16-25,20(26)24-4)15-17-8-5-9-18(14-17)19-10-6-13-28-19/h5-6,8-10,13-14H,7,11-12,15-16H2,1-4H3,(H,24,26)/t23-/m1/s1. The molecule has 1 N–H and O–H groups in total. The summed E-state index contributed by atoms with van der Waals surface area (Å²) in [5.74, 6) is 0.147. The number of benzene rings is 1. The SMILES string of the molecule is CNC(=O)[C@@]1(Cc2cccc(-c3cccs3)c2)CCCN(C(=O)C(C)(C)C)C1. The molecular weight excluding hydrogens is 368 g/mol. The molecule has 1 aromatic carbocycles. The summed E-state index contributed by atoms with van der Waals surface area (Å²) < 4.78 is 0. The number of hydrogen-bond acceptors (Lipinski definition) is 3. The molecule has 1 atom stereocenters. The number of amides is 2. The van der Waals surface area contributed by atoms with Gasteiger partial charge in [-0.05, 0) is 41.8 Å². The fourth-order valence-corrected chi connectivity index (χ4v) is 4.85. The van der Waals surface area contributed by atoms with Gasteiger partial charge in [0.05, 0.1) is 5.41 Å². The molecule has 28 heavy (non-hydrogen) atoms. The van der Waals surface area contributed by atoms with E-state index in [0.717, 1.165) is 24.9 Å². The maximum Gasteiger partial charge on any atom is 0.228 e. The number of likely N-dealkylation sites (tertiary alicyclic amines) is 1. The molecule has 150 valence electrons. The summed E-state index contributed by atoms with van der Waals surface area (Å²) in [5.41, 5.74) is 1.30. The van der Waals surface area contributed by atoms with Crippen LogP contribution in [0.5, 0.6) is 0 Å². The predicted molar refractivity (Wildman–Crippen MR) is 115 cm³/mol. The summed E-state index contributed by atoms with van der Waals surface area (Å²) in [6, 6.07) is 12.6. The van der Waals surface area contributed by atoms with Crippen molar-refractivity contribution < 1.29 is 9.59 Å². The molecular formula is C23H30N2O2S. The average Bonchev–Trinajstić information content (AvgIpc) is 3.21. The lowest BCUT2D eigenvalue weighted by Crippen LogP contribution is -2.55. The summed E-state index contributed by atoms with van der Waals surface area (Å²) in [5, 5.41) is 4.94. The van der Waals surface area contributed by atoms with Crippen LogP contribution in [-0.2, 0) is 16.0 Å². The number of carbonyl (C=O) groups is 2. The van der Waals surface area contributed by atoms with Gasteiger partial charge in [-0.2, -0.15) is 0 Å². The van der Waals surface area contributed by atoms with Gasteiger partial charge in [-0.25, -0.2) is 0 Å². The number of carbonyl (C=O) groups excluding carboxylic acids is 2. The summed E-state index contributed by atoms with van der Waals surface area (Å²) in [6.45, 7) is 7.03. The van der Waals surface area contributed by atoms with Crippen LogP contribution >= 0.6 is 11.3 Å². The number of hydrogen-bond donors (Lipinski definition) is 1. The molecule has 0 radical (unpaired) electrons. The second-order valence-corrected chi connectivity index (χ2v) is 9.74. The van der Waals surface area contributed by atoms with Crippen LogP contribution in [0.3, 0.4) is 0 Å². The quantitative estimate of drug-likeness (QED) is 0.832. The van der Waals surface area contributed by atoms with Crippen molar-refractivity contribution in [3.63, 3.8) is 0 Å². The minimum absolute atomic E-state index is 0.0282. The highest BCUT2D eigenvalue weighted by Gasteiger charge is 2.44. The van der Waals surface area contributed by atoms with E-state index in [2.05, 4.69) is 47.1 Å². The van der Waals surface area contributed by atoms with Crippen LogP contribution in [0.15, 0.2) is 41.8 Å². The Morgan fingerprint density at radius 2 is 2.00 bits per heavy atom. The fourth-order valence-electron chi connectivity index (χ4n) is 4.12. The molecule has 1 aliphatic heterocycles. The van der Waals surface area contributed by atoms with Gasteiger partial charge in [-0.15, -0.1) is 11.3 Å². The van der Waals surface area contributed by atoms with Gasteiger partial charge in [0.15, 0.2) is 0 Å². The third kappa shape index (κ3) is 4.30. The maximum absolute atomic E-state index is 13.0. The number of nitrogens with zero attached hydrogens (tertiary/aromatic N) is 1.